The van der Waals surface area contributed by atoms with Crippen LogP contribution >= 0.6 is 11.6 Å². The van der Waals surface area contributed by atoms with E-state index in [1.807, 2.05) is 13.8 Å². The van der Waals surface area contributed by atoms with E-state index in [2.05, 4.69) is 20.8 Å². The minimum Gasteiger partial charge on any atom is -0.484 e. The van der Waals surface area contributed by atoms with Crippen molar-refractivity contribution in [2.45, 2.75) is 26.5 Å². The summed E-state index contributed by atoms with van der Waals surface area (Å²) in [5.41, 5.74) is 1.32. The first-order valence-corrected chi connectivity index (χ1v) is 11.2. The summed E-state index contributed by atoms with van der Waals surface area (Å²) in [6.45, 7) is 3.78. The Morgan fingerprint density at radius 1 is 1.03 bits per heavy atom. The summed E-state index contributed by atoms with van der Waals surface area (Å²) in [4.78, 5) is 25.1. The largest absolute Gasteiger partial charge is 0.484 e. The molecule has 10 heteroatoms. The first-order valence-electron chi connectivity index (χ1n) is 10.9. The maximum absolute atomic E-state index is 12.8. The number of benzene rings is 2. The maximum atomic E-state index is 12.8. The van der Waals surface area contributed by atoms with E-state index in [-0.39, 0.29) is 24.2 Å². The molecule has 1 atom stereocenters. The Morgan fingerprint density at radius 3 is 2.43 bits per heavy atom. The summed E-state index contributed by atoms with van der Waals surface area (Å²) in [6.07, 6.45) is 1.40. The molecule has 2 N–H and O–H groups in total. The van der Waals surface area contributed by atoms with Crippen LogP contribution in [0.3, 0.4) is 0 Å². The molecule has 0 aliphatic heterocycles. The van der Waals surface area contributed by atoms with Crippen molar-refractivity contribution in [2.24, 2.45) is 5.92 Å². The smallest absolute Gasteiger partial charge is 0.287 e. The number of hydrogen-bond donors (Lipinski definition) is 2. The Labute approximate surface area is 206 Å². The molecule has 0 fully saturated rings. The highest BCUT2D eigenvalue weighted by molar-refractivity contribution is 6.30. The highest BCUT2D eigenvalue weighted by Gasteiger charge is 2.25. The number of rotatable bonds is 9. The predicted octanol–water partition coefficient (Wildman–Crippen LogP) is 4.96. The second-order valence-electron chi connectivity index (χ2n) is 7.98. The molecule has 0 spiro atoms. The lowest BCUT2D eigenvalue weighted by Gasteiger charge is -2.21. The fourth-order valence-corrected chi connectivity index (χ4v) is 3.30. The van der Waals surface area contributed by atoms with Crippen molar-refractivity contribution >= 4 is 29.1 Å². The first-order chi connectivity index (χ1) is 16.9. The van der Waals surface area contributed by atoms with Crippen LogP contribution in [0.25, 0.3) is 11.5 Å². The number of anilines is 1. The van der Waals surface area contributed by atoms with Crippen molar-refractivity contribution in [1.29, 1.82) is 0 Å². The molecule has 180 valence electrons. The van der Waals surface area contributed by atoms with Gasteiger partial charge in [-0.25, -0.2) is 0 Å². The number of furan rings is 1. The second kappa shape index (κ2) is 10.9. The van der Waals surface area contributed by atoms with Crippen molar-refractivity contribution < 1.29 is 23.2 Å². The van der Waals surface area contributed by atoms with Gasteiger partial charge in [0.1, 0.15) is 11.8 Å². The van der Waals surface area contributed by atoms with E-state index in [4.69, 9.17) is 25.2 Å². The van der Waals surface area contributed by atoms with Crippen molar-refractivity contribution in [3.05, 3.63) is 83.6 Å². The number of aromatic nitrogens is 2. The lowest BCUT2D eigenvalue weighted by molar-refractivity contribution is -0.118. The summed E-state index contributed by atoms with van der Waals surface area (Å²) in [7, 11) is 0. The molecule has 0 bridgehead atoms. The average Bonchev–Trinajstić information content (AvgIpc) is 3.55. The molecule has 0 aliphatic rings. The molecule has 0 unspecified atom stereocenters. The Bertz CT molecular complexity index is 1270. The highest BCUT2D eigenvalue weighted by Crippen LogP contribution is 2.22. The van der Waals surface area contributed by atoms with Gasteiger partial charge < -0.3 is 24.2 Å². The molecule has 4 rings (SSSR count). The number of carbonyl (C=O) groups excluding carboxylic acids is 2. The molecular weight excluding hydrogens is 472 g/mol. The first kappa shape index (κ1) is 24.0. The minimum atomic E-state index is -0.740. The summed E-state index contributed by atoms with van der Waals surface area (Å²) < 4.78 is 16.4. The van der Waals surface area contributed by atoms with Gasteiger partial charge in [-0.1, -0.05) is 25.4 Å². The van der Waals surface area contributed by atoms with E-state index in [1.54, 1.807) is 54.6 Å². The van der Waals surface area contributed by atoms with E-state index in [0.717, 1.165) is 5.56 Å². The minimum absolute atomic E-state index is 0.0839. The van der Waals surface area contributed by atoms with Crippen LogP contribution in [0.2, 0.25) is 5.02 Å². The van der Waals surface area contributed by atoms with Crippen molar-refractivity contribution in [1.82, 2.24) is 15.5 Å². The number of carbonyl (C=O) groups is 2. The Hall–Kier alpha value is -4.11. The van der Waals surface area contributed by atoms with Gasteiger partial charge in [-0.05, 0) is 66.6 Å². The molecule has 2 aromatic carbocycles. The summed E-state index contributed by atoms with van der Waals surface area (Å²) in [5.74, 6) is 0.467. The van der Waals surface area contributed by atoms with Gasteiger partial charge in [0.2, 0.25) is 11.8 Å². The number of halogens is 1. The third kappa shape index (κ3) is 6.27. The van der Waals surface area contributed by atoms with E-state index in [0.29, 0.717) is 28.2 Å². The molecule has 4 aromatic rings. The van der Waals surface area contributed by atoms with Crippen LogP contribution in [0.15, 0.2) is 75.8 Å². The molecule has 0 aliphatic carbocycles. The van der Waals surface area contributed by atoms with E-state index in [1.165, 1.54) is 12.3 Å². The lowest BCUT2D eigenvalue weighted by Crippen LogP contribution is -2.47. The van der Waals surface area contributed by atoms with Gasteiger partial charge in [0.25, 0.3) is 11.8 Å². The number of ether oxygens (including phenoxy) is 1. The zero-order valence-corrected chi connectivity index (χ0v) is 19.8. The van der Waals surface area contributed by atoms with Gasteiger partial charge in [0.05, 0.1) is 6.26 Å². The predicted molar refractivity (Wildman–Crippen MR) is 129 cm³/mol. The topological polar surface area (TPSA) is 119 Å². The third-order valence-corrected chi connectivity index (χ3v) is 5.27. The van der Waals surface area contributed by atoms with Crippen LogP contribution in [0.1, 0.15) is 30.3 Å². The normalized spacial score (nSPS) is 11.8. The van der Waals surface area contributed by atoms with Gasteiger partial charge in [0.15, 0.2) is 12.4 Å². The maximum Gasteiger partial charge on any atom is 0.287 e. The SMILES string of the molecule is CC(C)[C@@H](NC(=O)c1ccco1)C(=O)Nc1ccc(OCc2nnc(-c3ccc(Cl)cc3)o2)cc1. The highest BCUT2D eigenvalue weighted by atomic mass is 35.5. The average molecular weight is 495 g/mol. The van der Waals surface area contributed by atoms with Gasteiger partial charge in [-0.3, -0.25) is 9.59 Å². The fraction of sp³-hybridized carbons (Fsp3) is 0.200. The molecule has 0 saturated heterocycles. The van der Waals surface area contributed by atoms with Gasteiger partial charge in [-0.2, -0.15) is 0 Å². The molecule has 2 heterocycles. The lowest BCUT2D eigenvalue weighted by atomic mass is 10.0. The Balaban J connectivity index is 1.31. The molecule has 9 nitrogen and oxygen atoms in total. The zero-order chi connectivity index (χ0) is 24.8. The summed E-state index contributed by atoms with van der Waals surface area (Å²) in [5, 5.41) is 14.1. The number of nitrogens with one attached hydrogen (secondary N) is 2. The number of nitrogens with zero attached hydrogens (tertiary/aromatic N) is 2. The Kier molecular flexibility index (Phi) is 7.47. The fourth-order valence-electron chi connectivity index (χ4n) is 3.18. The van der Waals surface area contributed by atoms with E-state index < -0.39 is 11.9 Å². The summed E-state index contributed by atoms with van der Waals surface area (Å²) in [6, 6.07) is 16.3. The number of hydrogen-bond acceptors (Lipinski definition) is 7. The quantitative estimate of drug-likeness (QED) is 0.337. The molecule has 0 radical (unpaired) electrons. The monoisotopic (exact) mass is 494 g/mol. The molecule has 2 aromatic heterocycles. The zero-order valence-electron chi connectivity index (χ0n) is 19.0. The Morgan fingerprint density at radius 2 is 1.77 bits per heavy atom. The van der Waals surface area contributed by atoms with Crippen molar-refractivity contribution in [2.75, 3.05) is 5.32 Å². The molecular formula is C25H23ClN4O5. The summed E-state index contributed by atoms with van der Waals surface area (Å²) >= 11 is 5.90. The van der Waals surface area contributed by atoms with Gasteiger partial charge in [0, 0.05) is 16.3 Å². The van der Waals surface area contributed by atoms with Crippen molar-refractivity contribution in [3.63, 3.8) is 0 Å². The molecule has 2 amide bonds. The third-order valence-electron chi connectivity index (χ3n) is 5.02. The van der Waals surface area contributed by atoms with E-state index >= 15 is 0 Å². The standard InChI is InChI=1S/C25H23ClN4O5/c1-15(2)22(28-23(31)20-4-3-13-33-20)24(32)27-18-9-11-19(12-10-18)34-14-21-29-30-25(35-21)16-5-7-17(26)8-6-16/h3-13,15,22H,14H2,1-2H3,(H,27,32)(H,28,31)/t22-/m1/s1. The van der Waals surface area contributed by atoms with Crippen molar-refractivity contribution in [3.8, 4) is 17.2 Å². The second-order valence-corrected chi connectivity index (χ2v) is 8.42. The van der Waals surface area contributed by atoms with Gasteiger partial charge in [-0.15, -0.1) is 10.2 Å². The van der Waals surface area contributed by atoms with Gasteiger partial charge >= 0.3 is 0 Å². The molecule has 35 heavy (non-hydrogen) atoms. The van der Waals surface area contributed by atoms with Crippen LogP contribution in [-0.4, -0.2) is 28.1 Å². The molecule has 0 saturated carbocycles. The van der Waals surface area contributed by atoms with Crippen LogP contribution in [0, 0.1) is 5.92 Å². The number of amides is 2. The van der Waals surface area contributed by atoms with E-state index in [9.17, 15) is 9.59 Å². The van der Waals surface area contributed by atoms with Crippen LogP contribution < -0.4 is 15.4 Å². The van der Waals surface area contributed by atoms with Crippen LogP contribution in [-0.2, 0) is 11.4 Å². The van der Waals surface area contributed by atoms with Crippen LogP contribution in [0.4, 0.5) is 5.69 Å². The van der Waals surface area contributed by atoms with Crippen LogP contribution in [0.5, 0.6) is 5.75 Å².